The Bertz CT molecular complexity index is 603. The summed E-state index contributed by atoms with van der Waals surface area (Å²) < 4.78 is 18.4. The fourth-order valence-corrected chi connectivity index (χ4v) is 3.94. The number of likely N-dealkylation sites (tertiary alicyclic amines) is 1. The molecule has 0 amide bonds. The third-order valence-electron chi connectivity index (χ3n) is 6.69. The molecule has 2 saturated heterocycles. The Hall–Kier alpha value is -0.875. The zero-order chi connectivity index (χ0) is 19.2. The Balaban J connectivity index is 1.75. The van der Waals surface area contributed by atoms with Gasteiger partial charge in [-0.1, -0.05) is 24.3 Å². The predicted molar refractivity (Wildman–Crippen MR) is 107 cm³/mol. The topological polar surface area (TPSA) is 30.9 Å². The number of hydrogen-bond acceptors (Lipinski definition) is 4. The van der Waals surface area contributed by atoms with Crippen LogP contribution in [0.1, 0.15) is 59.9 Å². The van der Waals surface area contributed by atoms with Crippen molar-refractivity contribution in [3.05, 3.63) is 29.8 Å². The maximum absolute atomic E-state index is 6.17. The fourth-order valence-electron chi connectivity index (χ4n) is 3.94. The first-order valence-electron chi connectivity index (χ1n) is 9.85. The molecule has 2 aliphatic heterocycles. The predicted octanol–water partition coefficient (Wildman–Crippen LogP) is 3.33. The van der Waals surface area contributed by atoms with Gasteiger partial charge in [0.05, 0.1) is 16.8 Å². The standard InChI is InChI=1S/C21H34BNO3/c1-16(2)23-14-12-21(24-7,13-15-23)17-8-10-18(11-9-17)22-25-19(3,4)20(5,6)26-22/h8-11,16H,12-15H2,1-7H3. The van der Waals surface area contributed by atoms with Crippen LogP contribution >= 0.6 is 0 Å². The molecule has 0 radical (unpaired) electrons. The van der Waals surface area contributed by atoms with Crippen LogP contribution in [0.5, 0.6) is 0 Å². The van der Waals surface area contributed by atoms with Crippen molar-refractivity contribution in [3.63, 3.8) is 0 Å². The highest BCUT2D eigenvalue weighted by Crippen LogP contribution is 2.38. The van der Waals surface area contributed by atoms with Crippen molar-refractivity contribution >= 4 is 12.6 Å². The molecular weight excluding hydrogens is 325 g/mol. The molecule has 0 unspecified atom stereocenters. The van der Waals surface area contributed by atoms with E-state index in [1.807, 2.05) is 7.11 Å². The first-order valence-corrected chi connectivity index (χ1v) is 9.85. The van der Waals surface area contributed by atoms with Gasteiger partial charge in [0.25, 0.3) is 0 Å². The Morgan fingerprint density at radius 1 is 0.962 bits per heavy atom. The normalized spacial score (nSPS) is 25.0. The second-order valence-electron chi connectivity index (χ2n) is 9.04. The molecule has 2 aliphatic rings. The average molecular weight is 359 g/mol. The van der Waals surface area contributed by atoms with Crippen molar-refractivity contribution in [1.29, 1.82) is 0 Å². The van der Waals surface area contributed by atoms with E-state index in [1.165, 1.54) is 5.56 Å². The van der Waals surface area contributed by atoms with Crippen molar-refractivity contribution in [2.24, 2.45) is 0 Å². The van der Waals surface area contributed by atoms with E-state index in [1.54, 1.807) is 0 Å². The van der Waals surface area contributed by atoms with Crippen molar-refractivity contribution in [3.8, 4) is 0 Å². The third kappa shape index (κ3) is 3.47. The highest BCUT2D eigenvalue weighted by atomic mass is 16.7. The zero-order valence-corrected chi connectivity index (χ0v) is 17.5. The molecule has 0 spiro atoms. The van der Waals surface area contributed by atoms with E-state index >= 15 is 0 Å². The van der Waals surface area contributed by atoms with Crippen LogP contribution in [0.25, 0.3) is 0 Å². The molecule has 2 heterocycles. The smallest absolute Gasteiger partial charge is 0.399 e. The molecule has 0 atom stereocenters. The van der Waals surface area contributed by atoms with Gasteiger partial charge in [-0.05, 0) is 65.4 Å². The van der Waals surface area contributed by atoms with Crippen LogP contribution in [0.4, 0.5) is 0 Å². The summed E-state index contributed by atoms with van der Waals surface area (Å²) in [6, 6.07) is 9.24. The SMILES string of the molecule is COC1(c2ccc(B3OC(C)(C)C(C)(C)O3)cc2)CCN(C(C)C)CC1. The summed E-state index contributed by atoms with van der Waals surface area (Å²) in [7, 11) is 1.53. The van der Waals surface area contributed by atoms with Crippen LogP contribution in [0.2, 0.25) is 0 Å². The van der Waals surface area contributed by atoms with Crippen molar-refractivity contribution in [2.45, 2.75) is 77.2 Å². The van der Waals surface area contributed by atoms with E-state index in [2.05, 4.69) is 70.7 Å². The van der Waals surface area contributed by atoms with E-state index in [4.69, 9.17) is 14.0 Å². The molecule has 2 fully saturated rings. The van der Waals surface area contributed by atoms with Crippen molar-refractivity contribution in [2.75, 3.05) is 20.2 Å². The molecule has 4 nitrogen and oxygen atoms in total. The van der Waals surface area contributed by atoms with Gasteiger partial charge in [0.15, 0.2) is 0 Å². The van der Waals surface area contributed by atoms with Crippen LogP contribution in [-0.2, 0) is 19.6 Å². The first-order chi connectivity index (χ1) is 12.1. The molecule has 5 heteroatoms. The lowest BCUT2D eigenvalue weighted by Gasteiger charge is -2.42. The number of methoxy groups -OCH3 is 1. The summed E-state index contributed by atoms with van der Waals surface area (Å²) in [5, 5.41) is 0. The second-order valence-corrected chi connectivity index (χ2v) is 9.04. The molecule has 0 aliphatic carbocycles. The molecular formula is C21H34BNO3. The van der Waals surface area contributed by atoms with Gasteiger partial charge in [-0.2, -0.15) is 0 Å². The van der Waals surface area contributed by atoms with Gasteiger partial charge in [0.2, 0.25) is 0 Å². The second kappa shape index (κ2) is 6.94. The zero-order valence-electron chi connectivity index (χ0n) is 17.5. The molecule has 0 bridgehead atoms. The Kier molecular flexibility index (Phi) is 5.30. The molecule has 26 heavy (non-hydrogen) atoms. The van der Waals surface area contributed by atoms with Gasteiger partial charge in [0, 0.05) is 26.2 Å². The monoisotopic (exact) mass is 359 g/mol. The summed E-state index contributed by atoms with van der Waals surface area (Å²) in [5.41, 5.74) is 1.52. The highest BCUT2D eigenvalue weighted by molar-refractivity contribution is 6.62. The van der Waals surface area contributed by atoms with Crippen LogP contribution in [0, 0.1) is 0 Å². The third-order valence-corrected chi connectivity index (χ3v) is 6.69. The van der Waals surface area contributed by atoms with E-state index in [9.17, 15) is 0 Å². The number of rotatable bonds is 4. The summed E-state index contributed by atoms with van der Waals surface area (Å²) in [4.78, 5) is 2.52. The average Bonchev–Trinajstić information content (AvgIpc) is 2.83. The summed E-state index contributed by atoms with van der Waals surface area (Å²) in [6.07, 6.45) is 2.05. The van der Waals surface area contributed by atoms with E-state index in [0.717, 1.165) is 31.4 Å². The van der Waals surface area contributed by atoms with Crippen LogP contribution in [0.3, 0.4) is 0 Å². The Labute approximate surface area is 159 Å². The highest BCUT2D eigenvalue weighted by Gasteiger charge is 2.51. The quantitative estimate of drug-likeness (QED) is 0.772. The van der Waals surface area contributed by atoms with E-state index in [0.29, 0.717) is 6.04 Å². The van der Waals surface area contributed by atoms with E-state index < -0.39 is 0 Å². The van der Waals surface area contributed by atoms with Gasteiger partial charge in [-0.3, -0.25) is 0 Å². The van der Waals surface area contributed by atoms with Crippen molar-refractivity contribution < 1.29 is 14.0 Å². The summed E-state index contributed by atoms with van der Waals surface area (Å²) in [5.74, 6) is 0. The molecule has 3 rings (SSSR count). The van der Waals surface area contributed by atoms with Gasteiger partial charge in [-0.15, -0.1) is 0 Å². The minimum atomic E-state index is -0.312. The minimum absolute atomic E-state index is 0.181. The summed E-state index contributed by atoms with van der Waals surface area (Å²) >= 11 is 0. The summed E-state index contributed by atoms with van der Waals surface area (Å²) in [6.45, 7) is 15.0. The van der Waals surface area contributed by atoms with Gasteiger partial charge >= 0.3 is 7.12 Å². The van der Waals surface area contributed by atoms with Crippen LogP contribution in [-0.4, -0.2) is 49.5 Å². The molecule has 0 N–H and O–H groups in total. The molecule has 0 saturated carbocycles. The fraction of sp³-hybridized carbons (Fsp3) is 0.714. The Morgan fingerprint density at radius 2 is 1.46 bits per heavy atom. The molecule has 1 aromatic carbocycles. The first kappa shape index (κ1) is 19.9. The maximum Gasteiger partial charge on any atom is 0.494 e. The molecule has 1 aromatic rings. The number of benzene rings is 1. The number of ether oxygens (including phenoxy) is 1. The lowest BCUT2D eigenvalue weighted by Crippen LogP contribution is -2.46. The largest absolute Gasteiger partial charge is 0.494 e. The van der Waals surface area contributed by atoms with Gasteiger partial charge in [0.1, 0.15) is 0 Å². The Morgan fingerprint density at radius 3 is 1.88 bits per heavy atom. The van der Waals surface area contributed by atoms with Crippen molar-refractivity contribution in [1.82, 2.24) is 4.90 Å². The van der Waals surface area contributed by atoms with Gasteiger partial charge < -0.3 is 18.9 Å². The number of nitrogens with zero attached hydrogens (tertiary/aromatic N) is 1. The number of hydrogen-bond donors (Lipinski definition) is 0. The van der Waals surface area contributed by atoms with Crippen LogP contribution in [0.15, 0.2) is 24.3 Å². The minimum Gasteiger partial charge on any atom is -0.399 e. The van der Waals surface area contributed by atoms with E-state index in [-0.39, 0.29) is 23.9 Å². The maximum atomic E-state index is 6.17. The van der Waals surface area contributed by atoms with Crippen LogP contribution < -0.4 is 5.46 Å². The lowest BCUT2D eigenvalue weighted by molar-refractivity contribution is -0.0669. The molecule has 144 valence electrons. The number of piperidine rings is 1. The lowest BCUT2D eigenvalue weighted by atomic mass is 9.76. The van der Waals surface area contributed by atoms with Gasteiger partial charge in [-0.25, -0.2) is 0 Å². The molecule has 0 aromatic heterocycles.